The highest BCUT2D eigenvalue weighted by Gasteiger charge is 2.33. The topological polar surface area (TPSA) is 88.1 Å². The normalized spacial score (nSPS) is 14.3. The van der Waals surface area contributed by atoms with E-state index in [9.17, 15) is 9.59 Å². The van der Waals surface area contributed by atoms with Crippen molar-refractivity contribution in [1.82, 2.24) is 10.2 Å². The van der Waals surface area contributed by atoms with Crippen molar-refractivity contribution in [2.24, 2.45) is 0 Å². The van der Waals surface area contributed by atoms with Crippen LogP contribution in [0.3, 0.4) is 0 Å². The van der Waals surface area contributed by atoms with E-state index in [4.69, 9.17) is 14.6 Å². The Morgan fingerprint density at radius 3 is 2.61 bits per heavy atom. The average molecular weight is 260 g/mol. The van der Waals surface area contributed by atoms with E-state index in [1.807, 2.05) is 0 Å². The highest BCUT2D eigenvalue weighted by molar-refractivity contribution is 5.80. The van der Waals surface area contributed by atoms with Crippen LogP contribution in [0.1, 0.15) is 12.8 Å². The van der Waals surface area contributed by atoms with E-state index in [0.29, 0.717) is 26.4 Å². The quantitative estimate of drug-likeness (QED) is 0.566. The van der Waals surface area contributed by atoms with Crippen molar-refractivity contribution in [2.45, 2.75) is 18.9 Å². The van der Waals surface area contributed by atoms with Gasteiger partial charge in [-0.2, -0.15) is 0 Å². The summed E-state index contributed by atoms with van der Waals surface area (Å²) in [5, 5.41) is 11.4. The minimum absolute atomic E-state index is 0.0792. The van der Waals surface area contributed by atoms with Gasteiger partial charge in [0.05, 0.1) is 19.8 Å². The Labute approximate surface area is 106 Å². The Kier molecular flexibility index (Phi) is 6.45. The fraction of sp³-hybridized carbons (Fsp3) is 0.818. The molecule has 104 valence electrons. The highest BCUT2D eigenvalue weighted by atomic mass is 16.5. The minimum atomic E-state index is -0.992. The van der Waals surface area contributed by atoms with Crippen LogP contribution in [0.5, 0.6) is 0 Å². The number of hydrogen-bond donors (Lipinski definition) is 2. The summed E-state index contributed by atoms with van der Waals surface area (Å²) in [6.45, 7) is 1.50. The SMILES string of the molecule is COCCOCCNC(=O)N(CC(=O)O)C1CC1. The van der Waals surface area contributed by atoms with E-state index in [1.54, 1.807) is 7.11 Å². The zero-order valence-corrected chi connectivity index (χ0v) is 10.6. The minimum Gasteiger partial charge on any atom is -0.480 e. The zero-order valence-electron chi connectivity index (χ0n) is 10.6. The van der Waals surface area contributed by atoms with Gasteiger partial charge in [0.25, 0.3) is 0 Å². The number of carbonyl (C=O) groups is 2. The highest BCUT2D eigenvalue weighted by Crippen LogP contribution is 2.26. The lowest BCUT2D eigenvalue weighted by Crippen LogP contribution is -2.45. The predicted molar refractivity (Wildman–Crippen MR) is 63.5 cm³/mol. The molecule has 0 aromatic heterocycles. The summed E-state index contributed by atoms with van der Waals surface area (Å²) in [5.74, 6) is -0.992. The maximum atomic E-state index is 11.7. The molecule has 7 nitrogen and oxygen atoms in total. The van der Waals surface area contributed by atoms with Crippen LogP contribution in [0.15, 0.2) is 0 Å². The Hall–Kier alpha value is -1.34. The second-order valence-corrected chi connectivity index (χ2v) is 4.09. The number of carbonyl (C=O) groups excluding carboxylic acids is 1. The lowest BCUT2D eigenvalue weighted by atomic mass is 10.5. The molecule has 0 spiro atoms. The maximum absolute atomic E-state index is 11.7. The number of rotatable bonds is 9. The third-order valence-corrected chi connectivity index (χ3v) is 2.51. The lowest BCUT2D eigenvalue weighted by Gasteiger charge is -2.20. The molecule has 0 unspecified atom stereocenters. The van der Waals surface area contributed by atoms with Gasteiger partial charge >= 0.3 is 12.0 Å². The number of nitrogens with zero attached hydrogens (tertiary/aromatic N) is 1. The van der Waals surface area contributed by atoms with E-state index >= 15 is 0 Å². The molecule has 0 aliphatic heterocycles. The van der Waals surface area contributed by atoms with Crippen LogP contribution in [-0.2, 0) is 14.3 Å². The van der Waals surface area contributed by atoms with Gasteiger partial charge in [-0.1, -0.05) is 0 Å². The molecule has 1 fully saturated rings. The first-order valence-corrected chi connectivity index (χ1v) is 5.98. The Morgan fingerprint density at radius 2 is 2.06 bits per heavy atom. The average Bonchev–Trinajstić information content (AvgIpc) is 3.14. The van der Waals surface area contributed by atoms with Crippen LogP contribution < -0.4 is 5.32 Å². The number of amides is 2. The summed E-state index contributed by atoms with van der Waals surface area (Å²) in [7, 11) is 1.59. The Bertz CT molecular complexity index is 281. The summed E-state index contributed by atoms with van der Waals surface area (Å²) < 4.78 is 9.99. The number of nitrogens with one attached hydrogen (secondary N) is 1. The van der Waals surface area contributed by atoms with Gasteiger partial charge in [-0.25, -0.2) is 4.79 Å². The van der Waals surface area contributed by atoms with Gasteiger partial charge < -0.3 is 24.8 Å². The molecule has 1 aliphatic rings. The van der Waals surface area contributed by atoms with Crippen LogP contribution in [0.2, 0.25) is 0 Å². The van der Waals surface area contributed by atoms with Crippen molar-refractivity contribution in [3.8, 4) is 0 Å². The molecule has 1 saturated carbocycles. The fourth-order valence-corrected chi connectivity index (χ4v) is 1.47. The van der Waals surface area contributed by atoms with Crippen LogP contribution in [0, 0.1) is 0 Å². The van der Waals surface area contributed by atoms with Crippen molar-refractivity contribution in [2.75, 3.05) is 40.0 Å². The van der Waals surface area contributed by atoms with Crippen molar-refractivity contribution >= 4 is 12.0 Å². The van der Waals surface area contributed by atoms with Gasteiger partial charge in [0, 0.05) is 19.7 Å². The van der Waals surface area contributed by atoms with E-state index in [-0.39, 0.29) is 18.6 Å². The van der Waals surface area contributed by atoms with Gasteiger partial charge in [0.15, 0.2) is 0 Å². The summed E-state index contributed by atoms with van der Waals surface area (Å²) in [6.07, 6.45) is 1.76. The lowest BCUT2D eigenvalue weighted by molar-refractivity contribution is -0.137. The summed E-state index contributed by atoms with van der Waals surface area (Å²) in [5.41, 5.74) is 0. The third kappa shape index (κ3) is 5.83. The molecular formula is C11H20N2O5. The summed E-state index contributed by atoms with van der Waals surface area (Å²) in [4.78, 5) is 23.7. The van der Waals surface area contributed by atoms with Crippen LogP contribution in [0.25, 0.3) is 0 Å². The first kappa shape index (κ1) is 14.7. The van der Waals surface area contributed by atoms with Crippen LogP contribution in [-0.4, -0.2) is 68.1 Å². The van der Waals surface area contributed by atoms with Crippen LogP contribution in [0.4, 0.5) is 4.79 Å². The number of ether oxygens (including phenoxy) is 2. The van der Waals surface area contributed by atoms with Gasteiger partial charge in [-0.3, -0.25) is 4.79 Å². The monoisotopic (exact) mass is 260 g/mol. The molecule has 0 heterocycles. The van der Waals surface area contributed by atoms with E-state index in [0.717, 1.165) is 12.8 Å². The summed E-state index contributed by atoms with van der Waals surface area (Å²) >= 11 is 0. The maximum Gasteiger partial charge on any atom is 0.323 e. The first-order valence-electron chi connectivity index (χ1n) is 5.98. The number of methoxy groups -OCH3 is 1. The van der Waals surface area contributed by atoms with E-state index < -0.39 is 5.97 Å². The fourth-order valence-electron chi connectivity index (χ4n) is 1.47. The largest absolute Gasteiger partial charge is 0.480 e. The molecule has 7 heteroatoms. The number of hydrogen-bond acceptors (Lipinski definition) is 4. The molecule has 18 heavy (non-hydrogen) atoms. The molecule has 0 aromatic rings. The number of aliphatic carboxylic acids is 1. The second-order valence-electron chi connectivity index (χ2n) is 4.09. The summed E-state index contributed by atoms with van der Waals surface area (Å²) in [6, 6.07) is -0.259. The molecular weight excluding hydrogens is 240 g/mol. The van der Waals surface area contributed by atoms with Crippen molar-refractivity contribution < 1.29 is 24.2 Å². The van der Waals surface area contributed by atoms with E-state index in [1.165, 1.54) is 4.90 Å². The predicted octanol–water partition coefficient (Wildman–Crippen LogP) is -0.0920. The standard InChI is InChI=1S/C11H20N2O5/c1-17-6-7-18-5-4-12-11(16)13(8-10(14)15)9-2-3-9/h9H,2-8H2,1H3,(H,12,16)(H,14,15). The molecule has 1 rings (SSSR count). The molecule has 0 aromatic carbocycles. The smallest absolute Gasteiger partial charge is 0.323 e. The van der Waals surface area contributed by atoms with Gasteiger partial charge in [0.2, 0.25) is 0 Å². The van der Waals surface area contributed by atoms with Crippen molar-refractivity contribution in [3.05, 3.63) is 0 Å². The van der Waals surface area contributed by atoms with Gasteiger partial charge in [0.1, 0.15) is 6.54 Å². The van der Waals surface area contributed by atoms with E-state index in [2.05, 4.69) is 5.32 Å². The molecule has 1 aliphatic carbocycles. The number of carboxylic acids is 1. The molecule has 0 saturated heterocycles. The second kappa shape index (κ2) is 7.88. The molecule has 2 N–H and O–H groups in total. The molecule has 2 amide bonds. The van der Waals surface area contributed by atoms with Gasteiger partial charge in [-0.15, -0.1) is 0 Å². The third-order valence-electron chi connectivity index (χ3n) is 2.51. The van der Waals surface area contributed by atoms with Gasteiger partial charge in [-0.05, 0) is 12.8 Å². The first-order chi connectivity index (χ1) is 8.65. The van der Waals surface area contributed by atoms with Crippen molar-refractivity contribution in [3.63, 3.8) is 0 Å². The Morgan fingerprint density at radius 1 is 1.33 bits per heavy atom. The van der Waals surface area contributed by atoms with Crippen LogP contribution >= 0.6 is 0 Å². The number of urea groups is 1. The molecule has 0 atom stereocenters. The molecule has 0 bridgehead atoms. The molecule has 0 radical (unpaired) electrons. The van der Waals surface area contributed by atoms with Crippen molar-refractivity contribution in [1.29, 1.82) is 0 Å². The zero-order chi connectivity index (χ0) is 13.4. The number of carboxylic acid groups (broad SMARTS) is 1. The Balaban J connectivity index is 2.15.